The first-order valence-corrected chi connectivity index (χ1v) is 13.5. The molecule has 4 rings (SSSR count). The molecule has 1 fully saturated rings. The van der Waals surface area contributed by atoms with Crippen molar-refractivity contribution in [3.8, 4) is 5.75 Å². The summed E-state index contributed by atoms with van der Waals surface area (Å²) in [5, 5.41) is 13.2. The third kappa shape index (κ3) is 5.65. The molecular weight excluding hydrogens is 502 g/mol. The normalized spacial score (nSPS) is 16.8. The molecule has 0 radical (unpaired) electrons. The molecule has 0 saturated carbocycles. The number of benzene rings is 2. The van der Waals surface area contributed by atoms with Crippen molar-refractivity contribution in [3.05, 3.63) is 87.1 Å². The quantitative estimate of drug-likeness (QED) is 0.158. The minimum absolute atomic E-state index is 0.0312. The predicted octanol–water partition coefficient (Wildman–Crippen LogP) is 5.97. The third-order valence-corrected chi connectivity index (χ3v) is 7.02. The highest BCUT2D eigenvalue weighted by atomic mass is 32.1. The minimum atomic E-state index is -0.789. The van der Waals surface area contributed by atoms with Gasteiger partial charge in [0.25, 0.3) is 11.7 Å². The molecule has 1 aromatic heterocycles. The Morgan fingerprint density at radius 1 is 1.11 bits per heavy atom. The highest BCUT2D eigenvalue weighted by Gasteiger charge is 2.47. The van der Waals surface area contributed by atoms with Crippen LogP contribution < -0.4 is 9.64 Å². The number of aryl methyl sites for hydroxylation is 1. The Labute approximate surface area is 226 Å². The lowest BCUT2D eigenvalue weighted by molar-refractivity contribution is -0.146. The molecule has 2 heterocycles. The van der Waals surface area contributed by atoms with E-state index in [-0.39, 0.29) is 29.8 Å². The predicted molar refractivity (Wildman–Crippen MR) is 147 cm³/mol. The molecule has 1 amide bonds. The number of hydrogen-bond acceptors (Lipinski definition) is 7. The molecule has 0 aliphatic carbocycles. The van der Waals surface area contributed by atoms with Crippen LogP contribution in [0, 0.1) is 6.92 Å². The Kier molecular flexibility index (Phi) is 8.32. The van der Waals surface area contributed by atoms with Gasteiger partial charge in [0.15, 0.2) is 0 Å². The number of aliphatic hydroxyl groups is 1. The van der Waals surface area contributed by atoms with Crippen LogP contribution in [0.5, 0.6) is 5.75 Å². The van der Waals surface area contributed by atoms with Gasteiger partial charge in [-0.3, -0.25) is 19.3 Å². The van der Waals surface area contributed by atoms with Gasteiger partial charge in [-0.1, -0.05) is 25.1 Å². The molecule has 1 unspecified atom stereocenters. The van der Waals surface area contributed by atoms with Crippen LogP contribution in [-0.2, 0) is 25.5 Å². The summed E-state index contributed by atoms with van der Waals surface area (Å²) in [5.74, 6) is -1.35. The van der Waals surface area contributed by atoms with Crippen LogP contribution >= 0.6 is 11.3 Å². The number of ether oxygens (including phenoxy) is 2. The van der Waals surface area contributed by atoms with Crippen LogP contribution in [-0.4, -0.2) is 35.5 Å². The highest BCUT2D eigenvalue weighted by molar-refractivity contribution is 7.10. The first-order chi connectivity index (χ1) is 18.2. The molecule has 38 heavy (non-hydrogen) atoms. The summed E-state index contributed by atoms with van der Waals surface area (Å²) in [6, 6.07) is 15.0. The van der Waals surface area contributed by atoms with Gasteiger partial charge in [0.2, 0.25) is 0 Å². The van der Waals surface area contributed by atoms with Crippen molar-refractivity contribution in [2.75, 3.05) is 11.5 Å². The summed E-state index contributed by atoms with van der Waals surface area (Å²) < 4.78 is 10.9. The maximum Gasteiger partial charge on any atom is 0.310 e. The molecule has 1 atom stereocenters. The molecule has 1 aliphatic rings. The number of carbonyl (C=O) groups excluding carboxylic acids is 3. The van der Waals surface area contributed by atoms with E-state index >= 15 is 0 Å². The highest BCUT2D eigenvalue weighted by Crippen LogP contribution is 2.43. The zero-order valence-corrected chi connectivity index (χ0v) is 22.7. The van der Waals surface area contributed by atoms with Crippen molar-refractivity contribution >= 4 is 40.4 Å². The fourth-order valence-electron chi connectivity index (χ4n) is 4.39. The van der Waals surface area contributed by atoms with Gasteiger partial charge in [0, 0.05) is 16.1 Å². The number of carbonyl (C=O) groups is 3. The molecule has 0 spiro atoms. The van der Waals surface area contributed by atoms with Crippen LogP contribution in [0.4, 0.5) is 5.69 Å². The number of aliphatic hydroxyl groups excluding tert-OH is 1. The Morgan fingerprint density at radius 3 is 2.45 bits per heavy atom. The molecule has 1 saturated heterocycles. The lowest BCUT2D eigenvalue weighted by Crippen LogP contribution is -2.29. The van der Waals surface area contributed by atoms with Gasteiger partial charge >= 0.3 is 5.97 Å². The summed E-state index contributed by atoms with van der Waals surface area (Å²) >= 11 is 1.40. The lowest BCUT2D eigenvalue weighted by atomic mass is 9.98. The van der Waals surface area contributed by atoms with Gasteiger partial charge in [0.1, 0.15) is 17.6 Å². The third-order valence-electron chi connectivity index (χ3n) is 6.10. The fourth-order valence-corrected chi connectivity index (χ4v) is 5.21. The molecule has 1 N–H and O–H groups in total. The van der Waals surface area contributed by atoms with E-state index in [9.17, 15) is 19.5 Å². The van der Waals surface area contributed by atoms with Gasteiger partial charge < -0.3 is 14.6 Å². The molecule has 1 aliphatic heterocycles. The summed E-state index contributed by atoms with van der Waals surface area (Å²) in [6.07, 6.45) is 0.764. The smallest absolute Gasteiger partial charge is 0.310 e. The average Bonchev–Trinajstić information content (AvgIpc) is 3.50. The Morgan fingerprint density at radius 2 is 1.84 bits per heavy atom. The monoisotopic (exact) mass is 533 g/mol. The van der Waals surface area contributed by atoms with Gasteiger partial charge in [0.05, 0.1) is 24.7 Å². The number of thiophene rings is 1. The standard InChI is InChI=1S/C30H31NO6S/c1-5-14-36-23-13-10-21(16-19(23)4)28(33)26-27(24-7-6-15-38-24)31(30(35)29(26)34)22-11-8-20(9-12-22)17-25(32)37-18(2)3/h6-13,15-16,18,27,33H,5,14,17H2,1-4H3/b28-26-. The number of amides is 1. The number of anilines is 1. The largest absolute Gasteiger partial charge is 0.507 e. The van der Waals surface area contributed by atoms with E-state index in [1.54, 1.807) is 56.3 Å². The van der Waals surface area contributed by atoms with Crippen molar-refractivity contribution < 1.29 is 29.0 Å². The van der Waals surface area contributed by atoms with E-state index in [1.807, 2.05) is 31.4 Å². The fraction of sp³-hybridized carbons (Fsp3) is 0.300. The summed E-state index contributed by atoms with van der Waals surface area (Å²) in [4.78, 5) is 40.8. The molecule has 7 nitrogen and oxygen atoms in total. The average molecular weight is 534 g/mol. The lowest BCUT2D eigenvalue weighted by Gasteiger charge is -2.24. The van der Waals surface area contributed by atoms with Crippen LogP contribution in [0.15, 0.2) is 65.6 Å². The summed E-state index contributed by atoms with van der Waals surface area (Å²) in [6.45, 7) is 8.05. The van der Waals surface area contributed by atoms with E-state index in [2.05, 4.69) is 0 Å². The Balaban J connectivity index is 1.72. The van der Waals surface area contributed by atoms with Crippen LogP contribution in [0.2, 0.25) is 0 Å². The second kappa shape index (κ2) is 11.6. The first kappa shape index (κ1) is 27.1. The maximum absolute atomic E-state index is 13.3. The molecular formula is C30H31NO6S. The molecule has 3 aromatic rings. The number of rotatable bonds is 9. The second-order valence-electron chi connectivity index (χ2n) is 9.40. The number of esters is 1. The van der Waals surface area contributed by atoms with Crippen molar-refractivity contribution in [1.29, 1.82) is 0 Å². The van der Waals surface area contributed by atoms with Crippen LogP contribution in [0.25, 0.3) is 5.76 Å². The molecule has 8 heteroatoms. The van der Waals surface area contributed by atoms with Crippen molar-refractivity contribution in [1.82, 2.24) is 0 Å². The molecule has 198 valence electrons. The summed E-state index contributed by atoms with van der Waals surface area (Å²) in [7, 11) is 0. The van der Waals surface area contributed by atoms with E-state index in [0.717, 1.165) is 22.4 Å². The van der Waals surface area contributed by atoms with Gasteiger partial charge in [-0.2, -0.15) is 0 Å². The zero-order chi connectivity index (χ0) is 27.4. The topological polar surface area (TPSA) is 93.1 Å². The van der Waals surface area contributed by atoms with E-state index in [1.165, 1.54) is 16.2 Å². The van der Waals surface area contributed by atoms with Crippen LogP contribution in [0.3, 0.4) is 0 Å². The van der Waals surface area contributed by atoms with Crippen molar-refractivity contribution in [2.45, 2.75) is 52.7 Å². The number of Topliss-reactive ketones (excluding diaryl/α,β-unsaturated/α-hetero) is 1. The zero-order valence-electron chi connectivity index (χ0n) is 21.9. The summed E-state index contributed by atoms with van der Waals surface area (Å²) in [5.41, 5.74) is 2.50. The first-order valence-electron chi connectivity index (χ1n) is 12.6. The van der Waals surface area contributed by atoms with E-state index in [0.29, 0.717) is 23.6 Å². The van der Waals surface area contributed by atoms with E-state index in [4.69, 9.17) is 9.47 Å². The van der Waals surface area contributed by atoms with Crippen molar-refractivity contribution in [2.24, 2.45) is 0 Å². The molecule has 2 aromatic carbocycles. The molecule has 0 bridgehead atoms. The number of ketones is 1. The Bertz CT molecular complexity index is 1360. The van der Waals surface area contributed by atoms with Crippen LogP contribution in [0.1, 0.15) is 54.8 Å². The number of hydrogen-bond donors (Lipinski definition) is 1. The number of nitrogens with zero attached hydrogens (tertiary/aromatic N) is 1. The Hall–Kier alpha value is -3.91. The minimum Gasteiger partial charge on any atom is -0.507 e. The second-order valence-corrected chi connectivity index (χ2v) is 10.4. The van der Waals surface area contributed by atoms with Crippen molar-refractivity contribution in [3.63, 3.8) is 0 Å². The maximum atomic E-state index is 13.3. The van der Waals surface area contributed by atoms with Gasteiger partial charge in [-0.15, -0.1) is 11.3 Å². The SMILES string of the molecule is CCCOc1ccc(/C(O)=C2/C(=O)C(=O)N(c3ccc(CC(=O)OC(C)C)cc3)C2c2cccs2)cc1C. The van der Waals surface area contributed by atoms with Gasteiger partial charge in [-0.25, -0.2) is 0 Å². The van der Waals surface area contributed by atoms with E-state index < -0.39 is 17.7 Å². The van der Waals surface area contributed by atoms with Gasteiger partial charge in [-0.05, 0) is 80.1 Å².